The van der Waals surface area contributed by atoms with Crippen LogP contribution in [0.15, 0.2) is 98.6 Å². The summed E-state index contributed by atoms with van der Waals surface area (Å²) in [6.45, 7) is 12.6. The SMILES string of the molecule is C=CC(=O)OCCCCOc1ccc(C(=O)Oc2ccc(C(=O)Oc3ccc(C)cc3)c(Cl)c2)cc1OC.C=CC=C. The molecule has 8 nitrogen and oxygen atoms in total. The number of carbonyl (C=O) groups excluding carboxylic acids is 3. The predicted molar refractivity (Wildman–Crippen MR) is 162 cm³/mol. The first kappa shape index (κ1) is 33.4. The molecule has 0 amide bonds. The van der Waals surface area contributed by atoms with Crippen LogP contribution in [0, 0.1) is 6.92 Å². The van der Waals surface area contributed by atoms with Gasteiger partial charge in [-0.3, -0.25) is 0 Å². The fourth-order valence-electron chi connectivity index (χ4n) is 3.19. The molecule has 0 unspecified atom stereocenters. The highest BCUT2D eigenvalue weighted by atomic mass is 35.5. The van der Waals surface area contributed by atoms with E-state index in [1.54, 1.807) is 36.4 Å². The zero-order valence-corrected chi connectivity index (χ0v) is 24.4. The fourth-order valence-corrected chi connectivity index (χ4v) is 3.44. The van der Waals surface area contributed by atoms with Crippen molar-refractivity contribution in [3.05, 3.63) is 120 Å². The van der Waals surface area contributed by atoms with Gasteiger partial charge in [-0.25, -0.2) is 14.4 Å². The molecule has 42 heavy (non-hydrogen) atoms. The van der Waals surface area contributed by atoms with Gasteiger partial charge in [0, 0.05) is 12.1 Å². The molecule has 0 saturated carbocycles. The third-order valence-corrected chi connectivity index (χ3v) is 5.69. The van der Waals surface area contributed by atoms with Gasteiger partial charge in [-0.05, 0) is 62.2 Å². The van der Waals surface area contributed by atoms with Crippen molar-refractivity contribution in [1.29, 1.82) is 0 Å². The van der Waals surface area contributed by atoms with Crippen LogP contribution < -0.4 is 18.9 Å². The van der Waals surface area contributed by atoms with Crippen LogP contribution >= 0.6 is 11.6 Å². The lowest BCUT2D eigenvalue weighted by atomic mass is 10.2. The van der Waals surface area contributed by atoms with Crippen molar-refractivity contribution < 1.29 is 38.1 Å². The van der Waals surface area contributed by atoms with E-state index in [-0.39, 0.29) is 28.5 Å². The van der Waals surface area contributed by atoms with E-state index in [1.165, 1.54) is 31.4 Å². The Bertz CT molecular complexity index is 1390. The molecule has 0 bridgehead atoms. The number of halogens is 1. The third kappa shape index (κ3) is 11.0. The molecule has 0 heterocycles. The summed E-state index contributed by atoms with van der Waals surface area (Å²) in [5.74, 6) is -0.393. The van der Waals surface area contributed by atoms with Gasteiger partial charge in [-0.15, -0.1) is 0 Å². The van der Waals surface area contributed by atoms with E-state index in [1.807, 2.05) is 19.1 Å². The van der Waals surface area contributed by atoms with E-state index >= 15 is 0 Å². The number of carbonyl (C=O) groups is 3. The molecule has 0 aliphatic heterocycles. The van der Waals surface area contributed by atoms with E-state index in [2.05, 4.69) is 19.7 Å². The van der Waals surface area contributed by atoms with Crippen LogP contribution in [0.2, 0.25) is 5.02 Å². The number of esters is 3. The summed E-state index contributed by atoms with van der Waals surface area (Å²) >= 11 is 6.26. The Balaban J connectivity index is 0.00000144. The van der Waals surface area contributed by atoms with Gasteiger partial charge >= 0.3 is 17.9 Å². The summed E-state index contributed by atoms with van der Waals surface area (Å²) in [5, 5.41) is 0.0769. The van der Waals surface area contributed by atoms with Crippen molar-refractivity contribution >= 4 is 29.5 Å². The number of ether oxygens (including phenoxy) is 5. The largest absolute Gasteiger partial charge is 0.493 e. The smallest absolute Gasteiger partial charge is 0.345 e. The van der Waals surface area contributed by atoms with Crippen molar-refractivity contribution in [2.75, 3.05) is 20.3 Å². The lowest BCUT2D eigenvalue weighted by Gasteiger charge is -2.12. The average Bonchev–Trinajstić information content (AvgIpc) is 2.99. The van der Waals surface area contributed by atoms with Gasteiger partial charge in [0.2, 0.25) is 0 Å². The van der Waals surface area contributed by atoms with Crippen LogP contribution in [0.3, 0.4) is 0 Å². The lowest BCUT2D eigenvalue weighted by Crippen LogP contribution is -2.11. The minimum absolute atomic E-state index is 0.0769. The molecule has 0 N–H and O–H groups in total. The standard InChI is InChI=1S/C29H27ClO8.C4H6/c1-4-27(31)36-16-6-5-15-35-25-14-9-20(17-26(25)34-3)28(32)38-22-12-13-23(24(30)18-22)29(33)37-21-10-7-19(2)8-11-21;1-3-4-2/h4,7-14,17-18H,1,5-6,15-16H2,2-3H3;3-4H,1-2H2. The summed E-state index contributed by atoms with van der Waals surface area (Å²) in [5.41, 5.74) is 1.40. The Morgan fingerprint density at radius 3 is 2.05 bits per heavy atom. The average molecular weight is 593 g/mol. The molecule has 9 heteroatoms. The van der Waals surface area contributed by atoms with E-state index < -0.39 is 17.9 Å². The summed E-state index contributed by atoms with van der Waals surface area (Å²) in [7, 11) is 1.46. The molecule has 3 aromatic rings. The van der Waals surface area contributed by atoms with Crippen LogP contribution in [0.1, 0.15) is 39.1 Å². The molecule has 0 radical (unpaired) electrons. The number of aryl methyl sites for hydroxylation is 1. The Hall–Kier alpha value is -4.82. The molecular formula is C33H33ClO8. The summed E-state index contributed by atoms with van der Waals surface area (Å²) < 4.78 is 26.7. The lowest BCUT2D eigenvalue weighted by molar-refractivity contribution is -0.137. The Labute approximate surface area is 250 Å². The van der Waals surface area contributed by atoms with Crippen LogP contribution in [-0.4, -0.2) is 38.2 Å². The first-order valence-corrected chi connectivity index (χ1v) is 13.2. The Kier molecular flexibility index (Phi) is 14.1. The zero-order chi connectivity index (χ0) is 30.9. The van der Waals surface area contributed by atoms with Gasteiger partial charge in [0.25, 0.3) is 0 Å². The van der Waals surface area contributed by atoms with Crippen molar-refractivity contribution in [3.63, 3.8) is 0 Å². The maximum atomic E-state index is 12.7. The van der Waals surface area contributed by atoms with Crippen LogP contribution in [0.5, 0.6) is 23.0 Å². The van der Waals surface area contributed by atoms with Crippen molar-refractivity contribution in [3.8, 4) is 23.0 Å². The molecular weight excluding hydrogens is 560 g/mol. The maximum absolute atomic E-state index is 12.7. The van der Waals surface area contributed by atoms with Gasteiger partial charge < -0.3 is 23.7 Å². The summed E-state index contributed by atoms with van der Waals surface area (Å²) in [4.78, 5) is 36.2. The quantitative estimate of drug-likeness (QED) is 0.0668. The Morgan fingerprint density at radius 2 is 1.43 bits per heavy atom. The van der Waals surface area contributed by atoms with Crippen molar-refractivity contribution in [2.45, 2.75) is 19.8 Å². The normalized spacial score (nSPS) is 9.79. The summed E-state index contributed by atoms with van der Waals surface area (Å²) in [6, 6.07) is 15.9. The van der Waals surface area contributed by atoms with Gasteiger partial charge in [0.1, 0.15) is 11.5 Å². The van der Waals surface area contributed by atoms with Crippen molar-refractivity contribution in [1.82, 2.24) is 0 Å². The van der Waals surface area contributed by atoms with E-state index in [0.717, 1.165) is 11.6 Å². The van der Waals surface area contributed by atoms with E-state index in [4.69, 9.17) is 35.3 Å². The topological polar surface area (TPSA) is 97.4 Å². The number of methoxy groups -OCH3 is 1. The van der Waals surface area contributed by atoms with Gasteiger partial charge in [-0.2, -0.15) is 0 Å². The second-order valence-corrected chi connectivity index (χ2v) is 8.91. The molecule has 0 aliphatic rings. The van der Waals surface area contributed by atoms with E-state index in [9.17, 15) is 14.4 Å². The minimum Gasteiger partial charge on any atom is -0.493 e. The predicted octanol–water partition coefficient (Wildman–Crippen LogP) is 7.34. The second-order valence-electron chi connectivity index (χ2n) is 8.50. The van der Waals surface area contributed by atoms with Crippen LogP contribution in [0.4, 0.5) is 0 Å². The highest BCUT2D eigenvalue weighted by Gasteiger charge is 2.17. The number of hydrogen-bond donors (Lipinski definition) is 0. The fraction of sp³-hybridized carbons (Fsp3) is 0.182. The molecule has 3 rings (SSSR count). The monoisotopic (exact) mass is 592 g/mol. The molecule has 3 aromatic carbocycles. The van der Waals surface area contributed by atoms with Crippen LogP contribution in [0.25, 0.3) is 0 Å². The molecule has 0 saturated heterocycles. The van der Waals surface area contributed by atoms with Gasteiger partial charge in [-0.1, -0.05) is 61.2 Å². The molecule has 0 aromatic heterocycles. The molecule has 0 spiro atoms. The Morgan fingerprint density at radius 1 is 0.786 bits per heavy atom. The molecule has 0 fully saturated rings. The summed E-state index contributed by atoms with van der Waals surface area (Å²) in [6.07, 6.45) is 5.66. The number of unbranched alkanes of at least 4 members (excludes halogenated alkanes) is 1. The number of benzene rings is 3. The van der Waals surface area contributed by atoms with Gasteiger partial charge in [0.15, 0.2) is 11.5 Å². The highest BCUT2D eigenvalue weighted by Crippen LogP contribution is 2.30. The number of allylic oxidation sites excluding steroid dienone is 2. The highest BCUT2D eigenvalue weighted by molar-refractivity contribution is 6.33. The molecule has 0 atom stereocenters. The number of rotatable bonds is 13. The van der Waals surface area contributed by atoms with Gasteiger partial charge in [0.05, 0.1) is 36.5 Å². The maximum Gasteiger partial charge on any atom is 0.345 e. The number of hydrogen-bond acceptors (Lipinski definition) is 8. The van der Waals surface area contributed by atoms with Crippen LogP contribution in [-0.2, 0) is 9.53 Å². The third-order valence-electron chi connectivity index (χ3n) is 5.38. The van der Waals surface area contributed by atoms with Crippen molar-refractivity contribution in [2.24, 2.45) is 0 Å². The second kappa shape index (κ2) is 17.8. The first-order chi connectivity index (χ1) is 20.2. The zero-order valence-electron chi connectivity index (χ0n) is 23.6. The minimum atomic E-state index is -0.648. The van der Waals surface area contributed by atoms with E-state index in [0.29, 0.717) is 36.7 Å². The molecule has 220 valence electrons. The first-order valence-electron chi connectivity index (χ1n) is 12.9. The molecule has 0 aliphatic carbocycles.